The van der Waals surface area contributed by atoms with E-state index in [9.17, 15) is 0 Å². The second-order valence-corrected chi connectivity index (χ2v) is 5.39. The van der Waals surface area contributed by atoms with E-state index in [1.54, 1.807) is 0 Å². The van der Waals surface area contributed by atoms with Crippen molar-refractivity contribution in [3.63, 3.8) is 0 Å². The molecular weight excluding hydrogens is 236 g/mol. The predicted molar refractivity (Wildman–Crippen MR) is 80.1 cm³/mol. The van der Waals surface area contributed by atoms with Gasteiger partial charge in [0.15, 0.2) is 0 Å². The summed E-state index contributed by atoms with van der Waals surface area (Å²) in [6, 6.07) is 8.51. The van der Waals surface area contributed by atoms with E-state index < -0.39 is 0 Å². The number of rotatable bonds is 7. The third-order valence-corrected chi connectivity index (χ3v) is 3.66. The van der Waals surface area contributed by atoms with Gasteiger partial charge in [0.2, 0.25) is 0 Å². The first-order valence-electron chi connectivity index (χ1n) is 7.07. The normalized spacial score (nSPS) is 13.0. The lowest BCUT2D eigenvalue weighted by molar-refractivity contribution is 0.228. The molecule has 0 aliphatic carbocycles. The molecule has 19 heavy (non-hydrogen) atoms. The van der Waals surface area contributed by atoms with Crippen LogP contribution in [-0.2, 0) is 13.6 Å². The third kappa shape index (κ3) is 3.58. The highest BCUT2D eigenvalue weighted by Gasteiger charge is 2.05. The van der Waals surface area contributed by atoms with Crippen LogP contribution in [-0.4, -0.2) is 22.8 Å². The van der Waals surface area contributed by atoms with Gasteiger partial charge in [-0.2, -0.15) is 0 Å². The van der Waals surface area contributed by atoms with E-state index in [1.165, 1.54) is 16.5 Å². The molecule has 0 aliphatic rings. The molecule has 0 radical (unpaired) electrons. The van der Waals surface area contributed by atoms with Gasteiger partial charge in [0.05, 0.1) is 0 Å². The molecule has 0 saturated carbocycles. The fourth-order valence-corrected chi connectivity index (χ4v) is 2.46. The van der Waals surface area contributed by atoms with E-state index in [1.807, 2.05) is 0 Å². The van der Waals surface area contributed by atoms with Crippen molar-refractivity contribution >= 4 is 10.9 Å². The van der Waals surface area contributed by atoms with E-state index in [4.69, 9.17) is 5.11 Å². The topological polar surface area (TPSA) is 37.2 Å². The maximum Gasteiger partial charge on any atom is 0.0481 e. The van der Waals surface area contributed by atoms with E-state index in [-0.39, 0.29) is 0 Å². The van der Waals surface area contributed by atoms with Gasteiger partial charge in [-0.1, -0.05) is 25.1 Å². The number of aromatic nitrogens is 1. The SMILES string of the molecule is CC(CO)CCCNCc1cn(C)c2ccccc12. The van der Waals surface area contributed by atoms with E-state index in [0.717, 1.165) is 25.9 Å². The highest BCUT2D eigenvalue weighted by Crippen LogP contribution is 2.19. The summed E-state index contributed by atoms with van der Waals surface area (Å²) < 4.78 is 2.18. The van der Waals surface area contributed by atoms with Gasteiger partial charge in [-0.3, -0.25) is 0 Å². The molecule has 1 unspecified atom stereocenters. The van der Waals surface area contributed by atoms with Crippen LogP contribution in [0.2, 0.25) is 0 Å². The van der Waals surface area contributed by atoms with Gasteiger partial charge in [0, 0.05) is 37.3 Å². The fourth-order valence-electron chi connectivity index (χ4n) is 2.46. The van der Waals surface area contributed by atoms with Crippen LogP contribution in [0.5, 0.6) is 0 Å². The van der Waals surface area contributed by atoms with Crippen LogP contribution < -0.4 is 5.32 Å². The van der Waals surface area contributed by atoms with Crippen LogP contribution in [0.25, 0.3) is 10.9 Å². The Kier molecular flexibility index (Phi) is 5.00. The van der Waals surface area contributed by atoms with E-state index >= 15 is 0 Å². The summed E-state index contributed by atoms with van der Waals surface area (Å²) in [6.07, 6.45) is 4.40. The predicted octanol–water partition coefficient (Wildman–Crippen LogP) is 2.68. The van der Waals surface area contributed by atoms with Gasteiger partial charge in [0.1, 0.15) is 0 Å². The van der Waals surface area contributed by atoms with Gasteiger partial charge in [-0.25, -0.2) is 0 Å². The Bertz CT molecular complexity index is 518. The minimum absolute atomic E-state index is 0.295. The zero-order valence-corrected chi connectivity index (χ0v) is 11.9. The lowest BCUT2D eigenvalue weighted by atomic mass is 10.1. The number of benzene rings is 1. The highest BCUT2D eigenvalue weighted by molar-refractivity contribution is 5.83. The summed E-state index contributed by atoms with van der Waals surface area (Å²) in [5.41, 5.74) is 2.64. The first-order valence-corrected chi connectivity index (χ1v) is 7.07. The van der Waals surface area contributed by atoms with Crippen molar-refractivity contribution in [3.8, 4) is 0 Å². The third-order valence-electron chi connectivity index (χ3n) is 3.66. The Morgan fingerprint density at radius 3 is 2.89 bits per heavy atom. The first-order chi connectivity index (χ1) is 9.22. The minimum atomic E-state index is 0.295. The molecule has 0 saturated heterocycles. The second kappa shape index (κ2) is 6.73. The van der Waals surface area contributed by atoms with Crippen LogP contribution in [0, 0.1) is 5.92 Å². The molecule has 3 heteroatoms. The number of nitrogens with one attached hydrogen (secondary N) is 1. The van der Waals surface area contributed by atoms with Crippen molar-refractivity contribution in [2.45, 2.75) is 26.3 Å². The number of aryl methyl sites for hydroxylation is 1. The average molecular weight is 260 g/mol. The van der Waals surface area contributed by atoms with Crippen molar-refractivity contribution < 1.29 is 5.11 Å². The molecule has 1 aromatic heterocycles. The summed E-state index contributed by atoms with van der Waals surface area (Å²) in [5, 5.41) is 13.8. The number of nitrogens with zero attached hydrogens (tertiary/aromatic N) is 1. The largest absolute Gasteiger partial charge is 0.396 e. The number of aliphatic hydroxyl groups excluding tert-OH is 1. The molecule has 1 atom stereocenters. The summed E-state index contributed by atoms with van der Waals surface area (Å²) in [4.78, 5) is 0. The van der Waals surface area contributed by atoms with Gasteiger partial charge in [-0.15, -0.1) is 0 Å². The zero-order valence-electron chi connectivity index (χ0n) is 11.9. The molecular formula is C16H24N2O. The molecule has 104 valence electrons. The molecule has 0 amide bonds. The molecule has 2 N–H and O–H groups in total. The number of para-hydroxylation sites is 1. The highest BCUT2D eigenvalue weighted by atomic mass is 16.3. The number of hydrogen-bond donors (Lipinski definition) is 2. The Balaban J connectivity index is 1.85. The summed E-state index contributed by atoms with van der Waals surface area (Å²) >= 11 is 0. The summed E-state index contributed by atoms with van der Waals surface area (Å²) in [7, 11) is 2.09. The molecule has 0 bridgehead atoms. The zero-order chi connectivity index (χ0) is 13.7. The Morgan fingerprint density at radius 1 is 1.32 bits per heavy atom. The molecule has 1 heterocycles. The smallest absolute Gasteiger partial charge is 0.0481 e. The lowest BCUT2D eigenvalue weighted by Crippen LogP contribution is -2.15. The number of hydrogen-bond acceptors (Lipinski definition) is 2. The maximum atomic E-state index is 8.97. The van der Waals surface area contributed by atoms with Gasteiger partial charge < -0.3 is 15.0 Å². The Morgan fingerprint density at radius 2 is 2.11 bits per heavy atom. The van der Waals surface area contributed by atoms with Crippen molar-refractivity contribution in [3.05, 3.63) is 36.0 Å². The molecule has 2 rings (SSSR count). The number of aliphatic hydroxyl groups is 1. The molecule has 3 nitrogen and oxygen atoms in total. The Labute approximate surface area is 115 Å². The average Bonchev–Trinajstić information content (AvgIpc) is 2.75. The molecule has 0 spiro atoms. The lowest BCUT2D eigenvalue weighted by Gasteiger charge is -2.08. The van der Waals surface area contributed by atoms with Crippen molar-refractivity contribution in [1.82, 2.24) is 9.88 Å². The molecule has 0 fully saturated rings. The molecule has 2 aromatic rings. The Hall–Kier alpha value is -1.32. The van der Waals surface area contributed by atoms with Crippen LogP contribution >= 0.6 is 0 Å². The monoisotopic (exact) mass is 260 g/mol. The van der Waals surface area contributed by atoms with Gasteiger partial charge >= 0.3 is 0 Å². The van der Waals surface area contributed by atoms with Crippen molar-refractivity contribution in [2.24, 2.45) is 13.0 Å². The van der Waals surface area contributed by atoms with Crippen LogP contribution in [0.15, 0.2) is 30.5 Å². The second-order valence-electron chi connectivity index (χ2n) is 5.39. The van der Waals surface area contributed by atoms with E-state index in [0.29, 0.717) is 12.5 Å². The fraction of sp³-hybridized carbons (Fsp3) is 0.500. The summed E-state index contributed by atoms with van der Waals surface area (Å²) in [6.45, 7) is 4.30. The number of fused-ring (bicyclic) bond motifs is 1. The van der Waals surface area contributed by atoms with Crippen LogP contribution in [0.3, 0.4) is 0 Å². The van der Waals surface area contributed by atoms with Gasteiger partial charge in [-0.05, 0) is 36.9 Å². The standard InChI is InChI=1S/C16H24N2O/c1-13(12-19)6-5-9-17-10-14-11-18(2)16-8-4-3-7-15(14)16/h3-4,7-8,11,13,17,19H,5-6,9-10,12H2,1-2H3. The maximum absolute atomic E-state index is 8.97. The van der Waals surface area contributed by atoms with Crippen LogP contribution in [0.1, 0.15) is 25.3 Å². The summed E-state index contributed by atoms with van der Waals surface area (Å²) in [5.74, 6) is 0.416. The van der Waals surface area contributed by atoms with Crippen LogP contribution in [0.4, 0.5) is 0 Å². The minimum Gasteiger partial charge on any atom is -0.396 e. The van der Waals surface area contributed by atoms with Crippen molar-refractivity contribution in [2.75, 3.05) is 13.2 Å². The van der Waals surface area contributed by atoms with Gasteiger partial charge in [0.25, 0.3) is 0 Å². The molecule has 1 aromatic carbocycles. The first kappa shape index (κ1) is 14.1. The van der Waals surface area contributed by atoms with Crippen molar-refractivity contribution in [1.29, 1.82) is 0 Å². The quantitative estimate of drug-likeness (QED) is 0.751. The molecule has 0 aliphatic heterocycles. The van der Waals surface area contributed by atoms with E-state index in [2.05, 4.69) is 54.3 Å².